The maximum absolute atomic E-state index is 12.1. The van der Waals surface area contributed by atoms with E-state index < -0.39 is 0 Å². The lowest BCUT2D eigenvalue weighted by Crippen LogP contribution is -2.45. The molecular weight excluding hydrogens is 318 g/mol. The molecular formula is C18H31N5O2. The number of hydrogen-bond acceptors (Lipinski definition) is 4. The van der Waals surface area contributed by atoms with Crippen LogP contribution in [0.25, 0.3) is 0 Å². The monoisotopic (exact) mass is 349 g/mol. The van der Waals surface area contributed by atoms with E-state index in [0.717, 1.165) is 42.7 Å². The third kappa shape index (κ3) is 5.76. The van der Waals surface area contributed by atoms with Gasteiger partial charge in [-0.2, -0.15) is 0 Å². The molecule has 0 atom stereocenters. The molecule has 3 N–H and O–H groups in total. The second-order valence-corrected chi connectivity index (χ2v) is 6.42. The Hall–Kier alpha value is -2.05. The quantitative estimate of drug-likeness (QED) is 0.517. The van der Waals surface area contributed by atoms with Gasteiger partial charge in [0.15, 0.2) is 5.96 Å². The molecule has 0 radical (unpaired) electrons. The summed E-state index contributed by atoms with van der Waals surface area (Å²) in [6.07, 6.45) is 7.51. The van der Waals surface area contributed by atoms with E-state index in [2.05, 4.69) is 33.0 Å². The van der Waals surface area contributed by atoms with Gasteiger partial charge in [0, 0.05) is 31.6 Å². The maximum atomic E-state index is 12.1. The van der Waals surface area contributed by atoms with E-state index in [-0.39, 0.29) is 12.5 Å². The van der Waals surface area contributed by atoms with Crippen LogP contribution in [0.3, 0.4) is 0 Å². The van der Waals surface area contributed by atoms with Crippen molar-refractivity contribution in [3.63, 3.8) is 0 Å². The molecule has 2 rings (SSSR count). The zero-order valence-corrected chi connectivity index (χ0v) is 15.7. The Morgan fingerprint density at radius 1 is 1.20 bits per heavy atom. The highest BCUT2D eigenvalue weighted by Crippen LogP contribution is 2.17. The number of aromatic nitrogens is 1. The Morgan fingerprint density at radius 3 is 2.60 bits per heavy atom. The molecule has 1 amide bonds. The fourth-order valence-electron chi connectivity index (χ4n) is 3.22. The van der Waals surface area contributed by atoms with Crippen LogP contribution in [0, 0.1) is 0 Å². The first-order valence-corrected chi connectivity index (χ1v) is 9.38. The van der Waals surface area contributed by atoms with Crippen LogP contribution < -0.4 is 16.0 Å². The van der Waals surface area contributed by atoms with Gasteiger partial charge in [0.1, 0.15) is 5.76 Å². The molecule has 0 aliphatic heterocycles. The van der Waals surface area contributed by atoms with Crippen molar-refractivity contribution in [1.29, 1.82) is 0 Å². The van der Waals surface area contributed by atoms with Crippen molar-refractivity contribution >= 4 is 11.9 Å². The van der Waals surface area contributed by atoms with E-state index in [1.807, 2.05) is 6.92 Å². The van der Waals surface area contributed by atoms with E-state index in [9.17, 15) is 4.79 Å². The Bertz CT molecular complexity index is 555. The number of aryl methyl sites for hydroxylation is 2. The van der Waals surface area contributed by atoms with Gasteiger partial charge in [-0.15, -0.1) is 0 Å². The average molecular weight is 349 g/mol. The molecule has 7 nitrogen and oxygen atoms in total. The molecule has 1 fully saturated rings. The average Bonchev–Trinajstić information content (AvgIpc) is 3.04. The number of amides is 1. The van der Waals surface area contributed by atoms with Gasteiger partial charge in [-0.3, -0.25) is 9.79 Å². The van der Waals surface area contributed by atoms with E-state index >= 15 is 0 Å². The van der Waals surface area contributed by atoms with Crippen LogP contribution in [0.2, 0.25) is 0 Å². The Labute approximate surface area is 150 Å². The molecule has 1 heterocycles. The second kappa shape index (κ2) is 10.1. The van der Waals surface area contributed by atoms with Gasteiger partial charge in [0.25, 0.3) is 0 Å². The zero-order valence-electron chi connectivity index (χ0n) is 15.7. The number of carbonyl (C=O) groups excluding carboxylic acids is 1. The number of guanidine groups is 1. The minimum atomic E-state index is 0.0170. The van der Waals surface area contributed by atoms with Gasteiger partial charge < -0.3 is 20.5 Å². The van der Waals surface area contributed by atoms with Crippen molar-refractivity contribution in [2.75, 3.05) is 13.6 Å². The van der Waals surface area contributed by atoms with Gasteiger partial charge in [-0.05, 0) is 19.3 Å². The third-order valence-electron chi connectivity index (χ3n) is 4.65. The molecule has 140 valence electrons. The number of aliphatic imine (C=N–C) groups is 1. The molecule has 7 heteroatoms. The minimum Gasteiger partial charge on any atom is -0.361 e. The first kappa shape index (κ1) is 19.3. The van der Waals surface area contributed by atoms with Crippen LogP contribution >= 0.6 is 0 Å². The van der Waals surface area contributed by atoms with Crippen LogP contribution in [0.15, 0.2) is 9.52 Å². The standard InChI is InChI=1S/C18H31N5O2/c1-4-15-14(16(5-2)25-23-15)11-20-18(19-3)21-12-17(24)22-13-9-7-6-8-10-13/h13H,4-12H2,1-3H3,(H,22,24)(H2,19,20,21). The molecule has 0 bridgehead atoms. The molecule has 25 heavy (non-hydrogen) atoms. The normalized spacial score (nSPS) is 15.9. The Kier molecular flexibility index (Phi) is 7.76. The van der Waals surface area contributed by atoms with Gasteiger partial charge >= 0.3 is 0 Å². The molecule has 0 unspecified atom stereocenters. The highest BCUT2D eigenvalue weighted by atomic mass is 16.5. The summed E-state index contributed by atoms with van der Waals surface area (Å²) in [4.78, 5) is 16.3. The van der Waals surface area contributed by atoms with E-state index in [0.29, 0.717) is 18.5 Å². The van der Waals surface area contributed by atoms with Gasteiger partial charge in [-0.25, -0.2) is 0 Å². The van der Waals surface area contributed by atoms with Gasteiger partial charge in [0.2, 0.25) is 5.91 Å². The van der Waals surface area contributed by atoms with Crippen LogP contribution in [-0.4, -0.2) is 36.7 Å². The van der Waals surface area contributed by atoms with Crippen LogP contribution in [0.1, 0.15) is 63.0 Å². The summed E-state index contributed by atoms with van der Waals surface area (Å²) < 4.78 is 5.37. The lowest BCUT2D eigenvalue weighted by atomic mass is 9.95. The van der Waals surface area contributed by atoms with Crippen molar-refractivity contribution in [3.05, 3.63) is 17.0 Å². The number of rotatable bonds is 7. The summed E-state index contributed by atoms with van der Waals surface area (Å²) in [5, 5.41) is 13.5. The highest BCUT2D eigenvalue weighted by molar-refractivity contribution is 5.86. The maximum Gasteiger partial charge on any atom is 0.239 e. The number of hydrogen-bond donors (Lipinski definition) is 3. The molecule has 1 saturated carbocycles. The predicted octanol–water partition coefficient (Wildman–Crippen LogP) is 1.91. The van der Waals surface area contributed by atoms with Crippen LogP contribution in [-0.2, 0) is 24.2 Å². The predicted molar refractivity (Wildman–Crippen MR) is 98.5 cm³/mol. The second-order valence-electron chi connectivity index (χ2n) is 6.42. The fraction of sp³-hybridized carbons (Fsp3) is 0.722. The van der Waals surface area contributed by atoms with Crippen molar-refractivity contribution in [1.82, 2.24) is 21.1 Å². The molecule has 1 aliphatic carbocycles. The Morgan fingerprint density at radius 2 is 1.96 bits per heavy atom. The van der Waals surface area contributed by atoms with Crippen LogP contribution in [0.5, 0.6) is 0 Å². The first-order chi connectivity index (χ1) is 12.2. The number of nitrogens with zero attached hydrogens (tertiary/aromatic N) is 2. The van der Waals surface area contributed by atoms with E-state index in [1.54, 1.807) is 7.05 Å². The third-order valence-corrected chi connectivity index (χ3v) is 4.65. The van der Waals surface area contributed by atoms with Gasteiger partial charge in [0.05, 0.1) is 12.2 Å². The molecule has 0 aromatic carbocycles. The molecule has 0 spiro atoms. The molecule has 0 saturated heterocycles. The Balaban J connectivity index is 1.78. The molecule has 1 aliphatic rings. The first-order valence-electron chi connectivity index (χ1n) is 9.38. The summed E-state index contributed by atoms with van der Waals surface area (Å²) in [5.74, 6) is 1.52. The summed E-state index contributed by atoms with van der Waals surface area (Å²) >= 11 is 0. The summed E-state index contributed by atoms with van der Waals surface area (Å²) in [5.41, 5.74) is 2.05. The number of carbonyl (C=O) groups is 1. The molecule has 1 aromatic heterocycles. The summed E-state index contributed by atoms with van der Waals surface area (Å²) in [7, 11) is 1.70. The zero-order chi connectivity index (χ0) is 18.1. The van der Waals surface area contributed by atoms with E-state index in [4.69, 9.17) is 4.52 Å². The van der Waals surface area contributed by atoms with Gasteiger partial charge in [-0.1, -0.05) is 38.3 Å². The summed E-state index contributed by atoms with van der Waals surface area (Å²) in [6.45, 7) is 4.91. The van der Waals surface area contributed by atoms with Crippen molar-refractivity contribution in [3.8, 4) is 0 Å². The smallest absolute Gasteiger partial charge is 0.239 e. The van der Waals surface area contributed by atoms with Crippen molar-refractivity contribution < 1.29 is 9.32 Å². The van der Waals surface area contributed by atoms with Crippen molar-refractivity contribution in [2.24, 2.45) is 4.99 Å². The van der Waals surface area contributed by atoms with Crippen molar-refractivity contribution in [2.45, 2.75) is 71.4 Å². The van der Waals surface area contributed by atoms with Crippen LogP contribution in [0.4, 0.5) is 0 Å². The highest BCUT2D eigenvalue weighted by Gasteiger charge is 2.16. The largest absolute Gasteiger partial charge is 0.361 e. The minimum absolute atomic E-state index is 0.0170. The topological polar surface area (TPSA) is 91.6 Å². The SMILES string of the molecule is CCc1noc(CC)c1CNC(=NC)NCC(=O)NC1CCCCC1. The summed E-state index contributed by atoms with van der Waals surface area (Å²) in [6, 6.07) is 0.328. The lowest BCUT2D eigenvalue weighted by molar-refractivity contribution is -0.120. The van der Waals surface area contributed by atoms with E-state index in [1.165, 1.54) is 19.3 Å². The molecule has 1 aromatic rings. The number of nitrogens with one attached hydrogen (secondary N) is 3. The fourth-order valence-corrected chi connectivity index (χ4v) is 3.22. The lowest BCUT2D eigenvalue weighted by Gasteiger charge is -2.23.